The van der Waals surface area contributed by atoms with E-state index in [4.69, 9.17) is 11.6 Å². The highest BCUT2D eigenvalue weighted by atomic mass is 35.5. The number of non-ortho nitro benzene ring substituents is 1. The molecule has 0 spiro atoms. The van der Waals surface area contributed by atoms with E-state index < -0.39 is 4.92 Å². The maximum absolute atomic E-state index is 12.4. The number of amides is 1. The van der Waals surface area contributed by atoms with Crippen LogP contribution in [-0.4, -0.2) is 41.4 Å². The van der Waals surface area contributed by atoms with Crippen molar-refractivity contribution in [2.24, 2.45) is 0 Å². The summed E-state index contributed by atoms with van der Waals surface area (Å²) in [5.41, 5.74) is 0.0894. The summed E-state index contributed by atoms with van der Waals surface area (Å²) in [6.07, 6.45) is 0. The predicted molar refractivity (Wildman–Crippen MR) is 78.7 cm³/mol. The van der Waals surface area contributed by atoms with Crippen LogP contribution in [-0.2, 0) is 0 Å². The lowest BCUT2D eigenvalue weighted by molar-refractivity contribution is -0.384. The van der Waals surface area contributed by atoms with Crippen LogP contribution in [0.2, 0.25) is 5.02 Å². The number of nitrogens with zero attached hydrogens (tertiary/aromatic N) is 2. The molecule has 0 unspecified atom stereocenters. The van der Waals surface area contributed by atoms with E-state index in [0.717, 1.165) is 6.54 Å². The van der Waals surface area contributed by atoms with Gasteiger partial charge in [-0.05, 0) is 13.0 Å². The summed E-state index contributed by atoms with van der Waals surface area (Å²) >= 11 is 5.83. The van der Waals surface area contributed by atoms with Crippen molar-refractivity contribution in [2.45, 2.75) is 13.0 Å². The van der Waals surface area contributed by atoms with Gasteiger partial charge in [-0.15, -0.1) is 12.4 Å². The lowest BCUT2D eigenvalue weighted by Crippen LogP contribution is -2.52. The van der Waals surface area contributed by atoms with E-state index in [9.17, 15) is 14.9 Å². The molecular formula is C12H15Cl2N3O3. The van der Waals surface area contributed by atoms with E-state index in [2.05, 4.69) is 5.32 Å². The molecule has 1 heterocycles. The SMILES string of the molecule is C[C@H]1CNCCN1C(=O)c1cc(Cl)cc([N+](=O)[O-])c1.Cl. The second-order valence-corrected chi connectivity index (χ2v) is 4.94. The maximum atomic E-state index is 12.4. The van der Waals surface area contributed by atoms with E-state index in [1.165, 1.54) is 18.2 Å². The first-order valence-electron chi connectivity index (χ1n) is 5.95. The van der Waals surface area contributed by atoms with Gasteiger partial charge in [-0.2, -0.15) is 0 Å². The molecule has 6 nitrogen and oxygen atoms in total. The van der Waals surface area contributed by atoms with Crippen LogP contribution in [0.15, 0.2) is 18.2 Å². The number of carbonyl (C=O) groups excluding carboxylic acids is 1. The molecule has 0 radical (unpaired) electrons. The summed E-state index contributed by atoms with van der Waals surface area (Å²) in [7, 11) is 0. The van der Waals surface area contributed by atoms with Gasteiger partial charge in [0, 0.05) is 48.4 Å². The number of piperazine rings is 1. The number of halogens is 2. The van der Waals surface area contributed by atoms with E-state index >= 15 is 0 Å². The quantitative estimate of drug-likeness (QED) is 0.669. The Morgan fingerprint density at radius 2 is 2.20 bits per heavy atom. The number of nitro groups is 1. The Bertz CT molecular complexity index is 525. The molecular weight excluding hydrogens is 305 g/mol. The fourth-order valence-electron chi connectivity index (χ4n) is 2.11. The van der Waals surface area contributed by atoms with Crippen LogP contribution in [0.25, 0.3) is 0 Å². The summed E-state index contributed by atoms with van der Waals surface area (Å²) < 4.78 is 0. The molecule has 1 amide bonds. The van der Waals surface area contributed by atoms with Crippen molar-refractivity contribution in [3.05, 3.63) is 38.9 Å². The molecule has 1 N–H and O–H groups in total. The van der Waals surface area contributed by atoms with Gasteiger partial charge in [-0.1, -0.05) is 11.6 Å². The van der Waals surface area contributed by atoms with Crippen molar-refractivity contribution in [1.82, 2.24) is 10.2 Å². The number of hydrogen-bond acceptors (Lipinski definition) is 4. The Labute approximate surface area is 127 Å². The van der Waals surface area contributed by atoms with Crippen LogP contribution in [0.1, 0.15) is 17.3 Å². The third kappa shape index (κ3) is 3.59. The van der Waals surface area contributed by atoms with Crippen molar-refractivity contribution in [3.63, 3.8) is 0 Å². The first-order chi connectivity index (χ1) is 8.99. The molecule has 2 rings (SSSR count). The molecule has 1 atom stereocenters. The van der Waals surface area contributed by atoms with Crippen molar-refractivity contribution in [3.8, 4) is 0 Å². The third-order valence-corrected chi connectivity index (χ3v) is 3.32. The Hall–Kier alpha value is -1.37. The van der Waals surface area contributed by atoms with Gasteiger partial charge in [-0.25, -0.2) is 0 Å². The van der Waals surface area contributed by atoms with Crippen LogP contribution in [0.5, 0.6) is 0 Å². The van der Waals surface area contributed by atoms with Gasteiger partial charge in [-0.3, -0.25) is 14.9 Å². The van der Waals surface area contributed by atoms with E-state index in [1.807, 2.05) is 6.92 Å². The Morgan fingerprint density at radius 3 is 2.80 bits per heavy atom. The van der Waals surface area contributed by atoms with Crippen LogP contribution in [0.4, 0.5) is 5.69 Å². The molecule has 1 aliphatic heterocycles. The van der Waals surface area contributed by atoms with Crippen LogP contribution >= 0.6 is 24.0 Å². The Balaban J connectivity index is 0.00000200. The Morgan fingerprint density at radius 1 is 1.50 bits per heavy atom. The molecule has 0 aromatic heterocycles. The van der Waals surface area contributed by atoms with Gasteiger partial charge >= 0.3 is 0 Å². The Kier molecular flexibility index (Phi) is 5.74. The normalized spacial score (nSPS) is 18.3. The van der Waals surface area contributed by atoms with Crippen molar-refractivity contribution in [2.75, 3.05) is 19.6 Å². The zero-order valence-electron chi connectivity index (χ0n) is 10.8. The van der Waals surface area contributed by atoms with Crippen molar-refractivity contribution in [1.29, 1.82) is 0 Å². The van der Waals surface area contributed by atoms with Gasteiger partial charge in [0.1, 0.15) is 0 Å². The highest BCUT2D eigenvalue weighted by Gasteiger charge is 2.25. The number of nitro benzene ring substituents is 1. The summed E-state index contributed by atoms with van der Waals surface area (Å²) in [6, 6.07) is 4.02. The summed E-state index contributed by atoms with van der Waals surface area (Å²) in [4.78, 5) is 24.3. The van der Waals surface area contributed by atoms with Crippen LogP contribution in [0.3, 0.4) is 0 Å². The number of carbonyl (C=O) groups is 1. The molecule has 8 heteroatoms. The second-order valence-electron chi connectivity index (χ2n) is 4.51. The first-order valence-corrected chi connectivity index (χ1v) is 6.33. The van der Waals surface area contributed by atoms with E-state index in [1.54, 1.807) is 4.90 Å². The molecule has 1 saturated heterocycles. The number of benzene rings is 1. The van der Waals surface area contributed by atoms with Gasteiger partial charge in [0.05, 0.1) is 4.92 Å². The van der Waals surface area contributed by atoms with Gasteiger partial charge in [0.15, 0.2) is 0 Å². The molecule has 0 saturated carbocycles. The minimum atomic E-state index is -0.552. The molecule has 1 fully saturated rings. The zero-order valence-corrected chi connectivity index (χ0v) is 12.4. The molecule has 0 bridgehead atoms. The number of rotatable bonds is 2. The zero-order chi connectivity index (χ0) is 14.0. The fraction of sp³-hybridized carbons (Fsp3) is 0.417. The van der Waals surface area contributed by atoms with Crippen molar-refractivity contribution < 1.29 is 9.72 Å². The third-order valence-electron chi connectivity index (χ3n) is 3.10. The standard InChI is InChI=1S/C12H14ClN3O3.ClH/c1-8-7-14-2-3-15(8)12(17)9-4-10(13)6-11(5-9)16(18)19;/h4-6,8,14H,2-3,7H2,1H3;1H/t8-;/m0./s1. The fourth-order valence-corrected chi connectivity index (χ4v) is 2.34. The molecule has 1 aliphatic rings. The molecule has 20 heavy (non-hydrogen) atoms. The average Bonchev–Trinajstić information content (AvgIpc) is 2.37. The maximum Gasteiger partial charge on any atom is 0.271 e. The summed E-state index contributed by atoms with van der Waals surface area (Å²) in [5, 5.41) is 14.2. The highest BCUT2D eigenvalue weighted by Crippen LogP contribution is 2.22. The van der Waals surface area contributed by atoms with Gasteiger partial charge < -0.3 is 10.2 Å². The van der Waals surface area contributed by atoms with Crippen molar-refractivity contribution >= 4 is 35.6 Å². The number of nitrogens with one attached hydrogen (secondary N) is 1. The van der Waals surface area contributed by atoms with E-state index in [0.29, 0.717) is 13.1 Å². The molecule has 1 aromatic carbocycles. The largest absolute Gasteiger partial charge is 0.333 e. The smallest absolute Gasteiger partial charge is 0.271 e. The monoisotopic (exact) mass is 319 g/mol. The average molecular weight is 320 g/mol. The molecule has 0 aliphatic carbocycles. The second kappa shape index (κ2) is 6.88. The molecule has 110 valence electrons. The minimum Gasteiger partial charge on any atom is -0.333 e. The first kappa shape index (κ1) is 16.7. The lowest BCUT2D eigenvalue weighted by Gasteiger charge is -2.34. The minimum absolute atomic E-state index is 0. The van der Waals surface area contributed by atoms with Gasteiger partial charge in [0.25, 0.3) is 11.6 Å². The topological polar surface area (TPSA) is 75.5 Å². The molecule has 1 aromatic rings. The lowest BCUT2D eigenvalue weighted by atomic mass is 10.1. The predicted octanol–water partition coefficient (Wildman–Crippen LogP) is 2.10. The number of hydrogen-bond donors (Lipinski definition) is 1. The van der Waals surface area contributed by atoms with E-state index in [-0.39, 0.29) is 40.6 Å². The van der Waals surface area contributed by atoms with Gasteiger partial charge in [0.2, 0.25) is 0 Å². The highest BCUT2D eigenvalue weighted by molar-refractivity contribution is 6.31. The summed E-state index contributed by atoms with van der Waals surface area (Å²) in [5.74, 6) is -0.223. The summed E-state index contributed by atoms with van der Waals surface area (Å²) in [6.45, 7) is 3.95. The van der Waals surface area contributed by atoms with Crippen LogP contribution < -0.4 is 5.32 Å². The van der Waals surface area contributed by atoms with Crippen LogP contribution in [0, 0.1) is 10.1 Å².